The number of hydrogen-bond donors (Lipinski definition) is 2. The number of carboxylic acid groups (broad SMARTS) is 1. The molecule has 0 spiro atoms. The predicted molar refractivity (Wildman–Crippen MR) is 74.1 cm³/mol. The van der Waals surface area contributed by atoms with Crippen molar-refractivity contribution < 1.29 is 19.7 Å². The second kappa shape index (κ2) is 4.74. The normalized spacial score (nSPS) is 13.1. The van der Waals surface area contributed by atoms with Crippen LogP contribution in [0.15, 0.2) is 48.5 Å². The van der Waals surface area contributed by atoms with Crippen molar-refractivity contribution in [3.63, 3.8) is 0 Å². The first-order valence-corrected chi connectivity index (χ1v) is 6.16. The fraction of sp³-hybridized carbons (Fsp3) is 0.0625. The zero-order valence-electron chi connectivity index (χ0n) is 10.5. The number of carbonyl (C=O) groups is 1. The summed E-state index contributed by atoms with van der Waals surface area (Å²) in [6.07, 6.45) is 1.84. The number of benzene rings is 2. The van der Waals surface area contributed by atoms with Crippen LogP contribution < -0.4 is 4.74 Å². The summed E-state index contributed by atoms with van der Waals surface area (Å²) in [4.78, 5) is 11.1. The van der Waals surface area contributed by atoms with E-state index in [1.165, 1.54) is 6.07 Å². The molecule has 4 heteroatoms. The molecule has 20 heavy (non-hydrogen) atoms. The average Bonchev–Trinajstić information content (AvgIpc) is 2.46. The number of fused-ring (bicyclic) bond motifs is 1. The van der Waals surface area contributed by atoms with Crippen molar-refractivity contribution >= 4 is 11.5 Å². The zero-order chi connectivity index (χ0) is 14.1. The second-order valence-corrected chi connectivity index (χ2v) is 4.46. The zero-order valence-corrected chi connectivity index (χ0v) is 10.5. The smallest absolute Gasteiger partial charge is 0.335 e. The van der Waals surface area contributed by atoms with Crippen molar-refractivity contribution in [3.05, 3.63) is 65.2 Å². The Morgan fingerprint density at radius 2 is 1.90 bits per heavy atom. The number of phenolic OH excluding ortho intramolecular Hbond substituents is 1. The molecule has 1 aliphatic heterocycles. The summed E-state index contributed by atoms with van der Waals surface area (Å²) in [6, 6.07) is 11.7. The molecule has 0 aliphatic carbocycles. The molecule has 2 aromatic carbocycles. The van der Waals surface area contributed by atoms with E-state index >= 15 is 0 Å². The molecule has 0 fully saturated rings. The van der Waals surface area contributed by atoms with E-state index in [4.69, 9.17) is 9.84 Å². The van der Waals surface area contributed by atoms with Gasteiger partial charge in [0.05, 0.1) is 5.56 Å². The molecule has 0 aromatic heterocycles. The SMILES string of the molecule is O=C(O)c1ccc2c(c1)C(c1ccccc1O)=CCO2. The van der Waals surface area contributed by atoms with Crippen LogP contribution in [0.25, 0.3) is 5.57 Å². The largest absolute Gasteiger partial charge is 0.507 e. The highest BCUT2D eigenvalue weighted by molar-refractivity contribution is 5.92. The topological polar surface area (TPSA) is 66.8 Å². The maximum atomic E-state index is 11.1. The number of para-hydroxylation sites is 1. The molecule has 3 rings (SSSR count). The van der Waals surface area contributed by atoms with Crippen molar-refractivity contribution in [2.24, 2.45) is 0 Å². The third-order valence-corrected chi connectivity index (χ3v) is 3.24. The van der Waals surface area contributed by atoms with E-state index in [0.29, 0.717) is 23.5 Å². The quantitative estimate of drug-likeness (QED) is 0.878. The highest BCUT2D eigenvalue weighted by atomic mass is 16.5. The molecule has 0 bridgehead atoms. The van der Waals surface area contributed by atoms with Gasteiger partial charge in [0.1, 0.15) is 18.1 Å². The first-order chi connectivity index (χ1) is 9.66. The van der Waals surface area contributed by atoms with Crippen LogP contribution >= 0.6 is 0 Å². The first-order valence-electron chi connectivity index (χ1n) is 6.16. The van der Waals surface area contributed by atoms with E-state index in [0.717, 1.165) is 5.57 Å². The molecule has 4 nitrogen and oxygen atoms in total. The molecule has 0 unspecified atom stereocenters. The minimum atomic E-state index is -0.991. The van der Waals surface area contributed by atoms with Gasteiger partial charge in [0.25, 0.3) is 0 Å². The number of rotatable bonds is 2. The lowest BCUT2D eigenvalue weighted by atomic mass is 9.93. The number of aromatic hydroxyl groups is 1. The number of hydrogen-bond acceptors (Lipinski definition) is 3. The summed E-state index contributed by atoms with van der Waals surface area (Å²) in [5, 5.41) is 19.1. The highest BCUT2D eigenvalue weighted by Gasteiger charge is 2.19. The Balaban J connectivity index is 2.17. The Morgan fingerprint density at radius 3 is 2.65 bits per heavy atom. The lowest BCUT2D eigenvalue weighted by molar-refractivity contribution is 0.0697. The minimum Gasteiger partial charge on any atom is -0.507 e. The molecule has 1 heterocycles. The lowest BCUT2D eigenvalue weighted by Crippen LogP contribution is -2.07. The number of carboxylic acids is 1. The average molecular weight is 268 g/mol. The fourth-order valence-electron chi connectivity index (χ4n) is 2.28. The van der Waals surface area contributed by atoms with Gasteiger partial charge in [0, 0.05) is 11.1 Å². The monoisotopic (exact) mass is 268 g/mol. The van der Waals surface area contributed by atoms with Gasteiger partial charge in [-0.05, 0) is 35.9 Å². The standard InChI is InChI=1S/C16H12O4/c17-14-4-2-1-3-12(14)11-7-8-20-15-6-5-10(16(18)19)9-13(11)15/h1-7,9,17H,8H2,(H,18,19). The van der Waals surface area contributed by atoms with Crippen LogP contribution in [0.5, 0.6) is 11.5 Å². The summed E-state index contributed by atoms with van der Waals surface area (Å²) >= 11 is 0. The number of ether oxygens (including phenoxy) is 1. The Kier molecular flexibility index (Phi) is 2.91. The number of phenols is 1. The summed E-state index contributed by atoms with van der Waals surface area (Å²) < 4.78 is 5.50. The molecular weight excluding hydrogens is 256 g/mol. The van der Waals surface area contributed by atoms with Gasteiger partial charge in [0.2, 0.25) is 0 Å². The molecule has 0 saturated heterocycles. The van der Waals surface area contributed by atoms with Crippen molar-refractivity contribution in [1.29, 1.82) is 0 Å². The molecule has 0 saturated carbocycles. The van der Waals surface area contributed by atoms with Crippen LogP contribution in [-0.2, 0) is 0 Å². The van der Waals surface area contributed by atoms with Gasteiger partial charge in [-0.15, -0.1) is 0 Å². The van der Waals surface area contributed by atoms with Gasteiger partial charge in [0.15, 0.2) is 0 Å². The predicted octanol–water partition coefficient (Wildman–Crippen LogP) is 2.91. The van der Waals surface area contributed by atoms with Gasteiger partial charge in [-0.25, -0.2) is 4.79 Å². The summed E-state index contributed by atoms with van der Waals surface area (Å²) in [5.41, 5.74) is 2.32. The molecule has 0 radical (unpaired) electrons. The summed E-state index contributed by atoms with van der Waals surface area (Å²) in [5.74, 6) is -0.210. The fourth-order valence-corrected chi connectivity index (χ4v) is 2.28. The van der Waals surface area contributed by atoms with Crippen LogP contribution in [-0.4, -0.2) is 22.8 Å². The van der Waals surface area contributed by atoms with Crippen molar-refractivity contribution in [1.82, 2.24) is 0 Å². The van der Waals surface area contributed by atoms with E-state index in [1.807, 2.05) is 12.1 Å². The van der Waals surface area contributed by atoms with Gasteiger partial charge < -0.3 is 14.9 Å². The highest BCUT2D eigenvalue weighted by Crippen LogP contribution is 2.37. The van der Waals surface area contributed by atoms with Gasteiger partial charge in [-0.1, -0.05) is 18.2 Å². The van der Waals surface area contributed by atoms with Crippen LogP contribution in [0.1, 0.15) is 21.5 Å². The van der Waals surface area contributed by atoms with Crippen LogP contribution in [0.4, 0.5) is 0 Å². The maximum Gasteiger partial charge on any atom is 0.335 e. The molecule has 1 aliphatic rings. The van der Waals surface area contributed by atoms with E-state index in [-0.39, 0.29) is 11.3 Å². The van der Waals surface area contributed by atoms with Crippen molar-refractivity contribution in [3.8, 4) is 11.5 Å². The maximum absolute atomic E-state index is 11.1. The Labute approximate surface area is 115 Å². The molecule has 2 aromatic rings. The lowest BCUT2D eigenvalue weighted by Gasteiger charge is -2.20. The van der Waals surface area contributed by atoms with Gasteiger partial charge in [-0.3, -0.25) is 0 Å². The van der Waals surface area contributed by atoms with Crippen LogP contribution in [0.2, 0.25) is 0 Å². The van der Waals surface area contributed by atoms with Crippen LogP contribution in [0.3, 0.4) is 0 Å². The van der Waals surface area contributed by atoms with Gasteiger partial charge >= 0.3 is 5.97 Å². The number of aromatic carboxylic acids is 1. The van der Waals surface area contributed by atoms with Crippen molar-refractivity contribution in [2.75, 3.05) is 6.61 Å². The Hall–Kier alpha value is -2.75. The molecular formula is C16H12O4. The van der Waals surface area contributed by atoms with E-state index in [9.17, 15) is 9.90 Å². The summed E-state index contributed by atoms with van der Waals surface area (Å²) in [7, 11) is 0. The molecule has 0 atom stereocenters. The van der Waals surface area contributed by atoms with Gasteiger partial charge in [-0.2, -0.15) is 0 Å². The molecule has 2 N–H and O–H groups in total. The first kappa shape index (κ1) is 12.3. The minimum absolute atomic E-state index is 0.160. The van der Waals surface area contributed by atoms with E-state index in [2.05, 4.69) is 0 Å². The molecule has 0 amide bonds. The van der Waals surface area contributed by atoms with E-state index in [1.54, 1.807) is 30.3 Å². The van der Waals surface area contributed by atoms with Crippen molar-refractivity contribution in [2.45, 2.75) is 0 Å². The third-order valence-electron chi connectivity index (χ3n) is 3.24. The Morgan fingerprint density at radius 1 is 1.10 bits per heavy atom. The third kappa shape index (κ3) is 2.01. The van der Waals surface area contributed by atoms with Crippen LogP contribution in [0, 0.1) is 0 Å². The molecule has 100 valence electrons. The van der Waals surface area contributed by atoms with E-state index < -0.39 is 5.97 Å². The second-order valence-electron chi connectivity index (χ2n) is 4.46. The summed E-state index contributed by atoms with van der Waals surface area (Å²) in [6.45, 7) is 0.392. The Bertz CT molecular complexity index is 716.